The second-order valence-electron chi connectivity index (χ2n) is 8.08. The van der Waals surface area contributed by atoms with Crippen molar-refractivity contribution in [2.24, 2.45) is 0 Å². The summed E-state index contributed by atoms with van der Waals surface area (Å²) in [7, 11) is 0. The largest absolute Gasteiger partial charge is 0.494 e. The van der Waals surface area contributed by atoms with Crippen molar-refractivity contribution in [1.29, 1.82) is 0 Å². The summed E-state index contributed by atoms with van der Waals surface area (Å²) in [6.45, 7) is 2.55. The van der Waals surface area contributed by atoms with Gasteiger partial charge in [-0.1, -0.05) is 12.1 Å². The number of hydrogen-bond donors (Lipinski definition) is 2. The highest BCUT2D eigenvalue weighted by molar-refractivity contribution is 7.80. The third-order valence-electron chi connectivity index (χ3n) is 5.98. The van der Waals surface area contributed by atoms with Crippen LogP contribution in [0, 0.1) is 0 Å². The lowest BCUT2D eigenvalue weighted by molar-refractivity contribution is 0.0697. The second kappa shape index (κ2) is 9.60. The van der Waals surface area contributed by atoms with Crippen molar-refractivity contribution in [1.82, 2.24) is 14.9 Å². The Labute approximate surface area is 208 Å². The third-order valence-corrected chi connectivity index (χ3v) is 6.29. The minimum Gasteiger partial charge on any atom is -0.494 e. The zero-order valence-electron chi connectivity index (χ0n) is 19.0. The van der Waals surface area contributed by atoms with Crippen LogP contribution in [0.3, 0.4) is 0 Å². The highest BCUT2D eigenvalue weighted by atomic mass is 32.1. The smallest absolute Gasteiger partial charge is 0.335 e. The topological polar surface area (TPSA) is 79.6 Å². The maximum absolute atomic E-state index is 11.6. The van der Waals surface area contributed by atoms with E-state index in [-0.39, 0.29) is 17.6 Å². The van der Waals surface area contributed by atoms with Crippen LogP contribution >= 0.6 is 12.2 Å². The van der Waals surface area contributed by atoms with Crippen molar-refractivity contribution in [3.8, 4) is 11.4 Å². The average Bonchev–Trinajstić information content (AvgIpc) is 3.50. The first kappa shape index (κ1) is 22.6. The Morgan fingerprint density at radius 1 is 1.06 bits per heavy atom. The van der Waals surface area contributed by atoms with Crippen molar-refractivity contribution >= 4 is 29.0 Å². The molecule has 1 aliphatic heterocycles. The predicted octanol–water partition coefficient (Wildman–Crippen LogP) is 5.15. The molecule has 2 N–H and O–H groups in total. The molecule has 4 aromatic rings. The molecule has 0 radical (unpaired) electrons. The number of nitrogens with zero attached hydrogens (tertiary/aromatic N) is 3. The fourth-order valence-electron chi connectivity index (χ4n) is 4.46. The van der Waals surface area contributed by atoms with Crippen LogP contribution in [0.25, 0.3) is 5.69 Å². The van der Waals surface area contributed by atoms with Crippen molar-refractivity contribution in [2.45, 2.75) is 19.0 Å². The van der Waals surface area contributed by atoms with Gasteiger partial charge in [-0.15, -0.1) is 0 Å². The molecule has 0 bridgehead atoms. The van der Waals surface area contributed by atoms with Gasteiger partial charge in [0.05, 0.1) is 23.9 Å². The van der Waals surface area contributed by atoms with E-state index in [0.717, 1.165) is 28.5 Å². The molecule has 0 amide bonds. The number of rotatable bonds is 7. The summed E-state index contributed by atoms with van der Waals surface area (Å²) in [5.74, 6) is -0.173. The molecule has 0 spiro atoms. The molecule has 1 saturated heterocycles. The molecule has 8 heteroatoms. The van der Waals surface area contributed by atoms with Gasteiger partial charge in [0, 0.05) is 29.5 Å². The Morgan fingerprint density at radius 3 is 2.60 bits per heavy atom. The fraction of sp³-hybridized carbons (Fsp3) is 0.148. The lowest BCUT2D eigenvalue weighted by Crippen LogP contribution is -2.30. The maximum Gasteiger partial charge on any atom is 0.335 e. The SMILES string of the molecule is CCOc1ccc(N2C(=S)N[C@@H](c3ccccn3)[C@H]2c2cccn2-c2cccc(C(=O)O)c2)cc1. The maximum atomic E-state index is 11.6. The lowest BCUT2D eigenvalue weighted by atomic mass is 10.0. The Hall–Kier alpha value is -4.17. The van der Waals surface area contributed by atoms with Crippen molar-refractivity contribution in [3.63, 3.8) is 0 Å². The first-order valence-electron chi connectivity index (χ1n) is 11.3. The number of pyridine rings is 1. The molecule has 2 atom stereocenters. The molecular weight excluding hydrogens is 460 g/mol. The van der Waals surface area contributed by atoms with E-state index in [1.54, 1.807) is 24.4 Å². The number of carboxylic acid groups (broad SMARTS) is 1. The Kier molecular flexibility index (Phi) is 6.20. The number of anilines is 1. The van der Waals surface area contributed by atoms with Gasteiger partial charge < -0.3 is 24.6 Å². The lowest BCUT2D eigenvalue weighted by Gasteiger charge is -2.29. The summed E-state index contributed by atoms with van der Waals surface area (Å²) in [4.78, 5) is 18.3. The van der Waals surface area contributed by atoms with Gasteiger partial charge in [0.2, 0.25) is 0 Å². The fourth-order valence-corrected chi connectivity index (χ4v) is 4.81. The first-order valence-corrected chi connectivity index (χ1v) is 11.7. The number of aromatic nitrogens is 2. The number of thiocarbonyl (C=S) groups is 1. The monoisotopic (exact) mass is 484 g/mol. The van der Waals surface area contributed by atoms with E-state index in [2.05, 4.69) is 15.2 Å². The number of benzene rings is 2. The van der Waals surface area contributed by atoms with Crippen molar-refractivity contribution < 1.29 is 14.6 Å². The molecule has 3 heterocycles. The van der Waals surface area contributed by atoms with E-state index < -0.39 is 5.97 Å². The van der Waals surface area contributed by atoms with E-state index in [9.17, 15) is 9.90 Å². The van der Waals surface area contributed by atoms with Crippen molar-refractivity contribution in [3.05, 3.63) is 108 Å². The molecule has 0 aliphatic carbocycles. The highest BCUT2D eigenvalue weighted by Crippen LogP contribution is 2.42. The molecule has 176 valence electrons. The molecule has 5 rings (SSSR count). The molecule has 35 heavy (non-hydrogen) atoms. The van der Waals surface area contributed by atoms with Crippen LogP contribution in [-0.4, -0.2) is 32.3 Å². The minimum atomic E-state index is -0.966. The van der Waals surface area contributed by atoms with Crippen LogP contribution in [0.2, 0.25) is 0 Å². The number of carbonyl (C=O) groups is 1. The van der Waals surface area contributed by atoms with Gasteiger partial charge in [-0.3, -0.25) is 4.98 Å². The molecule has 0 unspecified atom stereocenters. The minimum absolute atomic E-state index is 0.216. The summed E-state index contributed by atoms with van der Waals surface area (Å²) >= 11 is 5.82. The summed E-state index contributed by atoms with van der Waals surface area (Å²) in [5, 5.41) is 13.5. The number of aromatic carboxylic acids is 1. The predicted molar refractivity (Wildman–Crippen MR) is 138 cm³/mol. The first-order chi connectivity index (χ1) is 17.1. The van der Waals surface area contributed by atoms with Crippen LogP contribution < -0.4 is 15.0 Å². The standard InChI is InChI=1S/C27H24N4O3S/c1-2-34-21-13-11-19(12-14-21)31-25(24(29-27(31)35)22-9-3-4-15-28-22)23-10-6-16-30(23)20-8-5-7-18(17-20)26(32)33/h3-17,24-25H,2H2,1H3,(H,29,35)(H,32,33)/t24-,25+/m0/s1. The van der Waals surface area contributed by atoms with Crippen LogP contribution in [0.4, 0.5) is 5.69 Å². The second-order valence-corrected chi connectivity index (χ2v) is 8.47. The Balaban J connectivity index is 1.63. The van der Waals surface area contributed by atoms with Crippen LogP contribution in [0.15, 0.2) is 91.3 Å². The summed E-state index contributed by atoms with van der Waals surface area (Å²) in [6.07, 6.45) is 3.70. The third kappa shape index (κ3) is 4.36. The van der Waals surface area contributed by atoms with Crippen LogP contribution in [-0.2, 0) is 0 Å². The van der Waals surface area contributed by atoms with Gasteiger partial charge in [0.15, 0.2) is 5.11 Å². The van der Waals surface area contributed by atoms with Crippen LogP contribution in [0.5, 0.6) is 5.75 Å². The molecular formula is C27H24N4O3S. The van der Waals surface area contributed by atoms with Gasteiger partial charge in [-0.05, 0) is 85.9 Å². The molecule has 1 fully saturated rings. The van der Waals surface area contributed by atoms with Crippen LogP contribution in [0.1, 0.15) is 40.8 Å². The van der Waals surface area contributed by atoms with E-state index in [0.29, 0.717) is 11.7 Å². The van der Waals surface area contributed by atoms with Gasteiger partial charge in [0.25, 0.3) is 0 Å². The zero-order chi connectivity index (χ0) is 24.4. The number of nitrogens with one attached hydrogen (secondary N) is 1. The summed E-state index contributed by atoms with van der Waals surface area (Å²) in [6, 6.07) is 24.1. The Bertz CT molecular complexity index is 1350. The quantitative estimate of drug-likeness (QED) is 0.351. The normalized spacial score (nSPS) is 17.3. The molecule has 7 nitrogen and oxygen atoms in total. The highest BCUT2D eigenvalue weighted by Gasteiger charge is 2.42. The van der Waals surface area contributed by atoms with E-state index in [1.165, 1.54) is 0 Å². The Morgan fingerprint density at radius 2 is 1.89 bits per heavy atom. The summed E-state index contributed by atoms with van der Waals surface area (Å²) < 4.78 is 7.62. The zero-order valence-corrected chi connectivity index (χ0v) is 19.9. The number of hydrogen-bond acceptors (Lipinski definition) is 4. The summed E-state index contributed by atoms with van der Waals surface area (Å²) in [5.41, 5.74) is 3.71. The molecule has 2 aromatic carbocycles. The van der Waals surface area contributed by atoms with Crippen molar-refractivity contribution in [2.75, 3.05) is 11.5 Å². The number of ether oxygens (including phenoxy) is 1. The molecule has 0 saturated carbocycles. The van der Waals surface area contributed by atoms with Gasteiger partial charge in [-0.25, -0.2) is 4.79 Å². The molecule has 2 aromatic heterocycles. The van der Waals surface area contributed by atoms with E-state index in [1.807, 2.05) is 78.4 Å². The average molecular weight is 485 g/mol. The van der Waals surface area contributed by atoms with E-state index in [4.69, 9.17) is 17.0 Å². The van der Waals surface area contributed by atoms with Gasteiger partial charge >= 0.3 is 5.97 Å². The van der Waals surface area contributed by atoms with E-state index >= 15 is 0 Å². The number of carboxylic acids is 1. The molecule has 1 aliphatic rings. The van der Waals surface area contributed by atoms with Gasteiger partial charge in [0.1, 0.15) is 11.8 Å². The van der Waals surface area contributed by atoms with Gasteiger partial charge in [-0.2, -0.15) is 0 Å².